The normalized spacial score (nSPS) is 22.6. The molecule has 1 amide bonds. The standard InChI is InChI=1S/C15H19BrN2O3S/c1-22(20,21)17-7-2-3-12(10-17)15(19)18-8-6-11-9-13(16)4-5-14(11)18/h4-5,9,12H,2-3,6-8,10H2,1H3/t12-/m0/s1. The number of halogens is 1. The quantitative estimate of drug-likeness (QED) is 0.780. The van der Waals surface area contributed by atoms with Crippen molar-refractivity contribution in [1.29, 1.82) is 0 Å². The van der Waals surface area contributed by atoms with Crippen LogP contribution in [0.1, 0.15) is 18.4 Å². The van der Waals surface area contributed by atoms with Crippen LogP contribution in [0.5, 0.6) is 0 Å². The van der Waals surface area contributed by atoms with E-state index in [0.29, 0.717) is 19.6 Å². The summed E-state index contributed by atoms with van der Waals surface area (Å²) in [4.78, 5) is 14.6. The molecule has 2 aliphatic rings. The van der Waals surface area contributed by atoms with Crippen molar-refractivity contribution in [1.82, 2.24) is 4.31 Å². The first-order chi connectivity index (χ1) is 10.4. The molecule has 0 aromatic heterocycles. The molecule has 0 aliphatic carbocycles. The molecule has 0 radical (unpaired) electrons. The molecule has 7 heteroatoms. The molecule has 0 spiro atoms. The lowest BCUT2D eigenvalue weighted by atomic mass is 9.98. The molecule has 0 saturated carbocycles. The minimum absolute atomic E-state index is 0.0504. The van der Waals surface area contributed by atoms with Crippen molar-refractivity contribution in [2.75, 3.05) is 30.8 Å². The summed E-state index contributed by atoms with van der Waals surface area (Å²) in [5.74, 6) is -0.188. The fourth-order valence-electron chi connectivity index (χ4n) is 3.26. The number of benzene rings is 1. The molecule has 1 atom stereocenters. The zero-order valence-corrected chi connectivity index (χ0v) is 14.9. The highest BCUT2D eigenvalue weighted by Crippen LogP contribution is 2.33. The molecule has 0 unspecified atom stereocenters. The summed E-state index contributed by atoms with van der Waals surface area (Å²) in [5, 5.41) is 0. The van der Waals surface area contributed by atoms with Gasteiger partial charge in [0, 0.05) is 29.8 Å². The molecule has 0 N–H and O–H groups in total. The van der Waals surface area contributed by atoms with Crippen molar-refractivity contribution in [2.45, 2.75) is 19.3 Å². The summed E-state index contributed by atoms with van der Waals surface area (Å²) in [5.41, 5.74) is 2.13. The maximum absolute atomic E-state index is 12.8. The van der Waals surface area contributed by atoms with Crippen LogP contribution in [0.2, 0.25) is 0 Å². The van der Waals surface area contributed by atoms with Crippen LogP contribution in [-0.4, -0.2) is 44.5 Å². The van der Waals surface area contributed by atoms with Crippen LogP contribution in [-0.2, 0) is 21.2 Å². The maximum Gasteiger partial charge on any atom is 0.231 e. The number of carbonyl (C=O) groups excluding carboxylic acids is 1. The summed E-state index contributed by atoms with van der Waals surface area (Å²) in [6.45, 7) is 1.51. The lowest BCUT2D eigenvalue weighted by Crippen LogP contribution is -2.46. The van der Waals surface area contributed by atoms with Crippen LogP contribution in [0.4, 0.5) is 5.69 Å². The van der Waals surface area contributed by atoms with Gasteiger partial charge >= 0.3 is 0 Å². The molecule has 22 heavy (non-hydrogen) atoms. The molecule has 120 valence electrons. The minimum atomic E-state index is -3.23. The fourth-order valence-corrected chi connectivity index (χ4v) is 4.58. The Bertz CT molecular complexity index is 705. The van der Waals surface area contributed by atoms with E-state index in [-0.39, 0.29) is 11.8 Å². The number of hydrogen-bond acceptors (Lipinski definition) is 3. The zero-order chi connectivity index (χ0) is 15.9. The largest absolute Gasteiger partial charge is 0.312 e. The molecule has 2 heterocycles. The summed E-state index contributed by atoms with van der Waals surface area (Å²) in [6.07, 6.45) is 3.56. The van der Waals surface area contributed by atoms with E-state index in [9.17, 15) is 13.2 Å². The first-order valence-corrected chi connectivity index (χ1v) is 10.1. The average molecular weight is 387 g/mol. The Labute approximate surface area is 139 Å². The molecule has 2 aliphatic heterocycles. The number of amides is 1. The van der Waals surface area contributed by atoms with E-state index >= 15 is 0 Å². The number of anilines is 1. The minimum Gasteiger partial charge on any atom is -0.312 e. The molecule has 5 nitrogen and oxygen atoms in total. The number of carbonyl (C=O) groups is 1. The highest BCUT2D eigenvalue weighted by atomic mass is 79.9. The first-order valence-electron chi connectivity index (χ1n) is 7.41. The number of sulfonamides is 1. The third kappa shape index (κ3) is 3.07. The van der Waals surface area contributed by atoms with Gasteiger partial charge in [-0.3, -0.25) is 4.79 Å². The topological polar surface area (TPSA) is 57.7 Å². The van der Waals surface area contributed by atoms with Gasteiger partial charge in [-0.25, -0.2) is 12.7 Å². The van der Waals surface area contributed by atoms with Crippen molar-refractivity contribution in [3.63, 3.8) is 0 Å². The van der Waals surface area contributed by atoms with Crippen LogP contribution in [0.3, 0.4) is 0 Å². The molecule has 0 bridgehead atoms. The van der Waals surface area contributed by atoms with Crippen molar-refractivity contribution < 1.29 is 13.2 Å². The molecule has 3 rings (SSSR count). The number of hydrogen-bond donors (Lipinski definition) is 0. The summed E-state index contributed by atoms with van der Waals surface area (Å²) < 4.78 is 25.9. The number of nitrogens with zero attached hydrogens (tertiary/aromatic N) is 2. The van der Waals surface area contributed by atoms with Gasteiger partial charge in [-0.05, 0) is 43.0 Å². The lowest BCUT2D eigenvalue weighted by Gasteiger charge is -2.32. The second-order valence-electron chi connectivity index (χ2n) is 5.97. The Morgan fingerprint density at radius 1 is 1.32 bits per heavy atom. The maximum atomic E-state index is 12.8. The van der Waals surface area contributed by atoms with Gasteiger partial charge in [0.05, 0.1) is 12.2 Å². The number of fused-ring (bicyclic) bond motifs is 1. The van der Waals surface area contributed by atoms with Gasteiger partial charge in [0.15, 0.2) is 0 Å². The van der Waals surface area contributed by atoms with E-state index in [1.807, 2.05) is 23.1 Å². The summed E-state index contributed by atoms with van der Waals surface area (Å²) >= 11 is 3.45. The molecular formula is C15H19BrN2O3S. The predicted octanol–water partition coefficient (Wildman–Crippen LogP) is 2.01. The highest BCUT2D eigenvalue weighted by Gasteiger charge is 2.35. The van der Waals surface area contributed by atoms with Gasteiger partial charge in [0.2, 0.25) is 15.9 Å². The van der Waals surface area contributed by atoms with Gasteiger partial charge < -0.3 is 4.90 Å². The molecular weight excluding hydrogens is 368 g/mol. The summed E-state index contributed by atoms with van der Waals surface area (Å²) in [6, 6.07) is 5.95. The first kappa shape index (κ1) is 16.0. The fraction of sp³-hybridized carbons (Fsp3) is 0.533. The highest BCUT2D eigenvalue weighted by molar-refractivity contribution is 9.10. The predicted molar refractivity (Wildman–Crippen MR) is 89.3 cm³/mol. The van der Waals surface area contributed by atoms with E-state index in [1.165, 1.54) is 16.1 Å². The number of rotatable bonds is 2. The third-order valence-electron chi connectivity index (χ3n) is 4.41. The Morgan fingerprint density at radius 2 is 2.09 bits per heavy atom. The van der Waals surface area contributed by atoms with Crippen molar-refractivity contribution >= 4 is 37.5 Å². The van der Waals surface area contributed by atoms with Crippen molar-refractivity contribution in [3.8, 4) is 0 Å². The average Bonchev–Trinajstić information content (AvgIpc) is 2.88. The second kappa shape index (κ2) is 5.94. The lowest BCUT2D eigenvalue weighted by molar-refractivity contribution is -0.123. The van der Waals surface area contributed by atoms with Gasteiger partial charge in [0.1, 0.15) is 0 Å². The Balaban J connectivity index is 1.78. The van der Waals surface area contributed by atoms with Gasteiger partial charge in [-0.2, -0.15) is 0 Å². The Morgan fingerprint density at radius 3 is 2.82 bits per heavy atom. The van der Waals surface area contributed by atoms with Gasteiger partial charge in [0.25, 0.3) is 0 Å². The van der Waals surface area contributed by atoms with E-state index in [4.69, 9.17) is 0 Å². The molecule has 1 aromatic rings. The van der Waals surface area contributed by atoms with Crippen molar-refractivity contribution in [2.24, 2.45) is 5.92 Å². The van der Waals surface area contributed by atoms with E-state index in [1.54, 1.807) is 0 Å². The second-order valence-corrected chi connectivity index (χ2v) is 8.87. The summed E-state index contributed by atoms with van der Waals surface area (Å²) in [7, 11) is -3.23. The van der Waals surface area contributed by atoms with E-state index in [0.717, 1.165) is 29.4 Å². The monoisotopic (exact) mass is 386 g/mol. The van der Waals surface area contributed by atoms with Gasteiger partial charge in [-0.15, -0.1) is 0 Å². The molecule has 1 fully saturated rings. The Kier molecular flexibility index (Phi) is 4.31. The smallest absolute Gasteiger partial charge is 0.231 e. The van der Waals surface area contributed by atoms with Crippen LogP contribution < -0.4 is 4.90 Å². The van der Waals surface area contributed by atoms with Crippen LogP contribution in [0.15, 0.2) is 22.7 Å². The third-order valence-corrected chi connectivity index (χ3v) is 6.17. The molecule has 1 aromatic carbocycles. The van der Waals surface area contributed by atoms with Crippen LogP contribution in [0, 0.1) is 5.92 Å². The van der Waals surface area contributed by atoms with Crippen LogP contribution >= 0.6 is 15.9 Å². The number of piperidine rings is 1. The molecule has 1 saturated heterocycles. The van der Waals surface area contributed by atoms with Gasteiger partial charge in [-0.1, -0.05) is 15.9 Å². The zero-order valence-electron chi connectivity index (χ0n) is 12.5. The Hall–Kier alpha value is -0.920. The van der Waals surface area contributed by atoms with Crippen LogP contribution in [0.25, 0.3) is 0 Å². The van der Waals surface area contributed by atoms with Crippen molar-refractivity contribution in [3.05, 3.63) is 28.2 Å². The van der Waals surface area contributed by atoms with E-state index in [2.05, 4.69) is 15.9 Å². The SMILES string of the molecule is CS(=O)(=O)N1CCC[C@H](C(=O)N2CCc3cc(Br)ccc32)C1. The van der Waals surface area contributed by atoms with E-state index < -0.39 is 10.0 Å².